The highest BCUT2D eigenvalue weighted by atomic mass is 16.6. The molecular formula is C13H23NO4. The van der Waals surface area contributed by atoms with Gasteiger partial charge in [-0.1, -0.05) is 0 Å². The summed E-state index contributed by atoms with van der Waals surface area (Å²) in [6.45, 7) is 7.24. The summed E-state index contributed by atoms with van der Waals surface area (Å²) in [5.74, 6) is 0.268. The minimum Gasteiger partial charge on any atom is -0.444 e. The zero-order chi connectivity index (χ0) is 13.6. The van der Waals surface area contributed by atoms with Crippen LogP contribution in [0.3, 0.4) is 0 Å². The summed E-state index contributed by atoms with van der Waals surface area (Å²) < 4.78 is 10.4. The van der Waals surface area contributed by atoms with E-state index in [0.29, 0.717) is 12.5 Å². The van der Waals surface area contributed by atoms with Crippen molar-refractivity contribution in [2.24, 2.45) is 11.8 Å². The first kappa shape index (κ1) is 15.0. The van der Waals surface area contributed by atoms with Crippen LogP contribution in [0.2, 0.25) is 0 Å². The minimum absolute atomic E-state index is 0.163. The van der Waals surface area contributed by atoms with Crippen molar-refractivity contribution in [3.8, 4) is 0 Å². The SMILES string of the molecule is CC(C)(C)OC(=O)NC[C@@H](C=O)C[C@H]1CCOC1. The van der Waals surface area contributed by atoms with Gasteiger partial charge < -0.3 is 19.6 Å². The second kappa shape index (κ2) is 6.73. The molecule has 0 aliphatic carbocycles. The Hall–Kier alpha value is -1.10. The van der Waals surface area contributed by atoms with E-state index in [9.17, 15) is 9.59 Å². The minimum atomic E-state index is -0.514. The van der Waals surface area contributed by atoms with Gasteiger partial charge in [0, 0.05) is 25.7 Å². The average molecular weight is 257 g/mol. The molecule has 1 heterocycles. The van der Waals surface area contributed by atoms with Gasteiger partial charge in [0.2, 0.25) is 0 Å². The molecule has 1 rings (SSSR count). The summed E-state index contributed by atoms with van der Waals surface area (Å²) >= 11 is 0. The van der Waals surface area contributed by atoms with Crippen LogP contribution in [0.5, 0.6) is 0 Å². The van der Waals surface area contributed by atoms with E-state index in [1.165, 1.54) is 0 Å². The molecule has 5 heteroatoms. The highest BCUT2D eigenvalue weighted by Gasteiger charge is 2.22. The molecule has 1 amide bonds. The molecule has 1 saturated heterocycles. The molecule has 18 heavy (non-hydrogen) atoms. The van der Waals surface area contributed by atoms with Crippen LogP contribution >= 0.6 is 0 Å². The van der Waals surface area contributed by atoms with Gasteiger partial charge in [0.25, 0.3) is 0 Å². The topological polar surface area (TPSA) is 64.6 Å². The predicted molar refractivity (Wildman–Crippen MR) is 67.3 cm³/mol. The molecule has 1 aliphatic rings. The van der Waals surface area contributed by atoms with Crippen LogP contribution in [0.25, 0.3) is 0 Å². The van der Waals surface area contributed by atoms with E-state index < -0.39 is 11.7 Å². The van der Waals surface area contributed by atoms with Crippen LogP contribution in [0, 0.1) is 11.8 Å². The van der Waals surface area contributed by atoms with Gasteiger partial charge in [-0.3, -0.25) is 0 Å². The Kier molecular flexibility index (Phi) is 5.59. The van der Waals surface area contributed by atoms with Crippen LogP contribution in [-0.4, -0.2) is 37.7 Å². The Labute approximate surface area is 108 Å². The van der Waals surface area contributed by atoms with E-state index in [2.05, 4.69) is 5.32 Å². The lowest BCUT2D eigenvalue weighted by Crippen LogP contribution is -2.36. The molecule has 0 saturated carbocycles. The van der Waals surface area contributed by atoms with Crippen LogP contribution in [0.4, 0.5) is 4.79 Å². The van der Waals surface area contributed by atoms with Crippen molar-refractivity contribution < 1.29 is 19.1 Å². The summed E-state index contributed by atoms with van der Waals surface area (Å²) in [6.07, 6.45) is 2.18. The van der Waals surface area contributed by atoms with Gasteiger partial charge in [-0.05, 0) is 39.5 Å². The number of carbonyl (C=O) groups excluding carboxylic acids is 2. The van der Waals surface area contributed by atoms with Gasteiger partial charge in [0.15, 0.2) is 0 Å². The van der Waals surface area contributed by atoms with E-state index in [-0.39, 0.29) is 5.92 Å². The number of ether oxygens (including phenoxy) is 2. The Morgan fingerprint density at radius 3 is 2.78 bits per heavy atom. The van der Waals surface area contributed by atoms with Crippen molar-refractivity contribution in [3.63, 3.8) is 0 Å². The van der Waals surface area contributed by atoms with Gasteiger partial charge >= 0.3 is 6.09 Å². The maximum atomic E-state index is 11.4. The van der Waals surface area contributed by atoms with E-state index in [4.69, 9.17) is 9.47 Å². The third kappa shape index (κ3) is 6.00. The first-order chi connectivity index (χ1) is 8.40. The van der Waals surface area contributed by atoms with Crippen LogP contribution in [0.1, 0.15) is 33.6 Å². The standard InChI is InChI=1S/C13H23NO4/c1-13(2,3)18-12(16)14-7-11(8-15)6-10-4-5-17-9-10/h8,10-11H,4-7,9H2,1-3H3,(H,14,16)/t10-,11+/m1/s1. The summed E-state index contributed by atoms with van der Waals surface area (Å²) in [4.78, 5) is 22.4. The number of carbonyl (C=O) groups is 2. The van der Waals surface area contributed by atoms with Gasteiger partial charge in [-0.2, -0.15) is 0 Å². The maximum absolute atomic E-state index is 11.4. The summed E-state index contributed by atoms with van der Waals surface area (Å²) in [5.41, 5.74) is -0.514. The summed E-state index contributed by atoms with van der Waals surface area (Å²) in [6, 6.07) is 0. The zero-order valence-corrected chi connectivity index (χ0v) is 11.4. The number of nitrogens with one attached hydrogen (secondary N) is 1. The van der Waals surface area contributed by atoms with Gasteiger partial charge in [-0.15, -0.1) is 0 Å². The molecule has 104 valence electrons. The van der Waals surface area contributed by atoms with Gasteiger partial charge in [-0.25, -0.2) is 4.79 Å². The fraction of sp³-hybridized carbons (Fsp3) is 0.846. The first-order valence-electron chi connectivity index (χ1n) is 6.40. The number of hydrogen-bond acceptors (Lipinski definition) is 4. The van der Waals surface area contributed by atoms with Crippen LogP contribution < -0.4 is 5.32 Å². The van der Waals surface area contributed by atoms with E-state index in [0.717, 1.165) is 32.3 Å². The molecule has 1 aliphatic heterocycles. The molecule has 0 bridgehead atoms. The summed E-state index contributed by atoms with van der Waals surface area (Å²) in [5, 5.41) is 2.63. The molecule has 2 atom stereocenters. The molecule has 0 unspecified atom stereocenters. The molecule has 1 fully saturated rings. The smallest absolute Gasteiger partial charge is 0.407 e. The second-order valence-electron chi connectivity index (χ2n) is 5.74. The highest BCUT2D eigenvalue weighted by Crippen LogP contribution is 2.20. The Balaban J connectivity index is 2.26. The molecule has 0 aromatic heterocycles. The number of aldehydes is 1. The number of rotatable bonds is 5. The lowest BCUT2D eigenvalue weighted by Gasteiger charge is -2.21. The number of hydrogen-bond donors (Lipinski definition) is 1. The molecule has 0 aromatic carbocycles. The average Bonchev–Trinajstić information content (AvgIpc) is 2.74. The Bertz CT molecular complexity index is 279. The van der Waals surface area contributed by atoms with Gasteiger partial charge in [0.05, 0.1) is 0 Å². The summed E-state index contributed by atoms with van der Waals surface area (Å²) in [7, 11) is 0. The predicted octanol–water partition coefficient (Wildman–Crippen LogP) is 1.75. The maximum Gasteiger partial charge on any atom is 0.407 e. The van der Waals surface area contributed by atoms with E-state index in [1.807, 2.05) is 0 Å². The highest BCUT2D eigenvalue weighted by molar-refractivity contribution is 5.68. The van der Waals surface area contributed by atoms with Crippen LogP contribution in [0.15, 0.2) is 0 Å². The zero-order valence-electron chi connectivity index (χ0n) is 11.4. The van der Waals surface area contributed by atoms with Crippen LogP contribution in [-0.2, 0) is 14.3 Å². The second-order valence-corrected chi connectivity index (χ2v) is 5.74. The number of amides is 1. The van der Waals surface area contributed by atoms with Gasteiger partial charge in [0.1, 0.15) is 11.9 Å². The van der Waals surface area contributed by atoms with E-state index >= 15 is 0 Å². The third-order valence-corrected chi connectivity index (χ3v) is 2.76. The number of alkyl carbamates (subject to hydrolysis) is 1. The molecule has 0 spiro atoms. The van der Waals surface area contributed by atoms with Crippen molar-refractivity contribution in [1.29, 1.82) is 0 Å². The third-order valence-electron chi connectivity index (χ3n) is 2.76. The fourth-order valence-corrected chi connectivity index (χ4v) is 1.91. The fourth-order valence-electron chi connectivity index (χ4n) is 1.91. The molecule has 5 nitrogen and oxygen atoms in total. The molecule has 0 radical (unpaired) electrons. The molecule has 1 N–H and O–H groups in total. The lowest BCUT2D eigenvalue weighted by molar-refractivity contribution is -0.111. The van der Waals surface area contributed by atoms with Crippen molar-refractivity contribution in [3.05, 3.63) is 0 Å². The quantitative estimate of drug-likeness (QED) is 0.762. The molecule has 0 aromatic rings. The van der Waals surface area contributed by atoms with Crippen molar-refractivity contribution in [2.45, 2.75) is 39.2 Å². The Morgan fingerprint density at radius 2 is 2.28 bits per heavy atom. The monoisotopic (exact) mass is 257 g/mol. The van der Waals surface area contributed by atoms with E-state index in [1.54, 1.807) is 20.8 Å². The largest absolute Gasteiger partial charge is 0.444 e. The Morgan fingerprint density at radius 1 is 1.56 bits per heavy atom. The lowest BCUT2D eigenvalue weighted by atomic mass is 9.95. The van der Waals surface area contributed by atoms with Crippen molar-refractivity contribution in [1.82, 2.24) is 5.32 Å². The normalized spacial score (nSPS) is 21.4. The van der Waals surface area contributed by atoms with Crippen molar-refractivity contribution >= 4 is 12.4 Å². The first-order valence-corrected chi connectivity index (χ1v) is 6.40. The van der Waals surface area contributed by atoms with Crippen molar-refractivity contribution in [2.75, 3.05) is 19.8 Å². The molecular weight excluding hydrogens is 234 g/mol.